The zero-order valence-corrected chi connectivity index (χ0v) is 21.1. The van der Waals surface area contributed by atoms with Crippen LogP contribution in [0.2, 0.25) is 0 Å². The summed E-state index contributed by atoms with van der Waals surface area (Å²) >= 11 is 0. The zero-order valence-electron chi connectivity index (χ0n) is 21.1. The SMILES string of the molecule is C=C1CCCC(CCCNC(=O)C2=NN=C(N3CCN(C(=O)OC(C)(C)C)CC3)CC=C2)CC1. The molecule has 0 spiro atoms. The molecule has 0 aromatic rings. The molecule has 0 aromatic carbocycles. The lowest BCUT2D eigenvalue weighted by atomic mass is 9.95. The number of hydrogen-bond acceptors (Lipinski definition) is 6. The Morgan fingerprint density at radius 2 is 1.91 bits per heavy atom. The number of rotatable bonds is 5. The lowest BCUT2D eigenvalue weighted by Gasteiger charge is -2.36. The van der Waals surface area contributed by atoms with Crippen molar-refractivity contribution in [2.75, 3.05) is 32.7 Å². The van der Waals surface area contributed by atoms with Crippen molar-refractivity contribution in [3.63, 3.8) is 0 Å². The van der Waals surface area contributed by atoms with Crippen LogP contribution in [0.15, 0.2) is 34.5 Å². The highest BCUT2D eigenvalue weighted by molar-refractivity contribution is 6.43. The van der Waals surface area contributed by atoms with Gasteiger partial charge in [0.05, 0.1) is 0 Å². The Bertz CT molecular complexity index is 832. The number of piperazine rings is 1. The van der Waals surface area contributed by atoms with E-state index in [1.807, 2.05) is 26.8 Å². The molecule has 0 radical (unpaired) electrons. The molecule has 3 rings (SSSR count). The maximum absolute atomic E-state index is 12.6. The van der Waals surface area contributed by atoms with E-state index >= 15 is 0 Å². The molecule has 2 fully saturated rings. The molecule has 1 N–H and O–H groups in total. The zero-order chi connectivity index (χ0) is 24.6. The van der Waals surface area contributed by atoms with Gasteiger partial charge in [-0.1, -0.05) is 24.6 Å². The first-order chi connectivity index (χ1) is 16.2. The second-order valence-electron chi connectivity index (χ2n) is 10.5. The Kier molecular flexibility index (Phi) is 9.30. The second-order valence-corrected chi connectivity index (χ2v) is 10.5. The first kappa shape index (κ1) is 26.0. The van der Waals surface area contributed by atoms with Crippen LogP contribution in [-0.2, 0) is 9.53 Å². The predicted molar refractivity (Wildman–Crippen MR) is 136 cm³/mol. The van der Waals surface area contributed by atoms with Gasteiger partial charge in [0.25, 0.3) is 5.91 Å². The van der Waals surface area contributed by atoms with Crippen LogP contribution in [0, 0.1) is 5.92 Å². The quantitative estimate of drug-likeness (QED) is 0.368. The van der Waals surface area contributed by atoms with Crippen molar-refractivity contribution in [1.82, 2.24) is 15.1 Å². The van der Waals surface area contributed by atoms with E-state index in [9.17, 15) is 9.59 Å². The number of amidine groups is 1. The molecule has 2 amide bonds. The van der Waals surface area contributed by atoms with Crippen molar-refractivity contribution in [2.24, 2.45) is 16.1 Å². The van der Waals surface area contributed by atoms with Crippen LogP contribution in [0.1, 0.15) is 72.1 Å². The first-order valence-corrected chi connectivity index (χ1v) is 12.7. The third kappa shape index (κ3) is 8.29. The van der Waals surface area contributed by atoms with Crippen molar-refractivity contribution in [3.05, 3.63) is 24.3 Å². The van der Waals surface area contributed by atoms with Crippen molar-refractivity contribution >= 4 is 23.5 Å². The van der Waals surface area contributed by atoms with Crippen LogP contribution < -0.4 is 5.32 Å². The summed E-state index contributed by atoms with van der Waals surface area (Å²) in [5.74, 6) is 1.39. The van der Waals surface area contributed by atoms with Crippen molar-refractivity contribution in [3.8, 4) is 0 Å². The number of nitrogens with one attached hydrogen (secondary N) is 1. The van der Waals surface area contributed by atoms with E-state index in [0.29, 0.717) is 44.9 Å². The maximum atomic E-state index is 12.6. The number of nitrogens with zero attached hydrogens (tertiary/aromatic N) is 4. The van der Waals surface area contributed by atoms with Gasteiger partial charge in [-0.2, -0.15) is 0 Å². The lowest BCUT2D eigenvalue weighted by Crippen LogP contribution is -2.51. The van der Waals surface area contributed by atoms with Gasteiger partial charge in [-0.15, -0.1) is 10.2 Å². The minimum atomic E-state index is -0.499. The average Bonchev–Trinajstić information content (AvgIpc) is 3.16. The summed E-state index contributed by atoms with van der Waals surface area (Å²) in [7, 11) is 0. The number of amides is 2. The third-order valence-electron chi connectivity index (χ3n) is 6.50. The Morgan fingerprint density at radius 3 is 2.65 bits per heavy atom. The largest absolute Gasteiger partial charge is 0.444 e. The van der Waals surface area contributed by atoms with Gasteiger partial charge in [0, 0.05) is 39.1 Å². The number of carbonyl (C=O) groups is 2. The Hall–Kier alpha value is -2.64. The van der Waals surface area contributed by atoms with Gasteiger partial charge in [0.2, 0.25) is 0 Å². The van der Waals surface area contributed by atoms with E-state index in [4.69, 9.17) is 4.74 Å². The van der Waals surface area contributed by atoms with Gasteiger partial charge in [-0.25, -0.2) is 4.79 Å². The monoisotopic (exact) mass is 471 g/mol. The predicted octanol–water partition coefficient (Wildman–Crippen LogP) is 4.29. The summed E-state index contributed by atoms with van der Waals surface area (Å²) in [5, 5.41) is 11.6. The Labute approximate surface area is 204 Å². The van der Waals surface area contributed by atoms with E-state index in [1.54, 1.807) is 11.0 Å². The summed E-state index contributed by atoms with van der Waals surface area (Å²) in [6.07, 6.45) is 12.2. The number of carbonyl (C=O) groups excluding carboxylic acids is 2. The molecule has 3 aliphatic rings. The van der Waals surface area contributed by atoms with Crippen molar-refractivity contribution in [1.29, 1.82) is 0 Å². The van der Waals surface area contributed by atoms with E-state index in [2.05, 4.69) is 27.0 Å². The molecule has 188 valence electrons. The van der Waals surface area contributed by atoms with Crippen LogP contribution in [-0.4, -0.2) is 71.7 Å². The van der Waals surface area contributed by atoms with Gasteiger partial charge in [-0.3, -0.25) is 4.79 Å². The van der Waals surface area contributed by atoms with E-state index in [-0.39, 0.29) is 12.0 Å². The molecule has 34 heavy (non-hydrogen) atoms. The molecular weight excluding hydrogens is 430 g/mol. The highest BCUT2D eigenvalue weighted by atomic mass is 16.6. The topological polar surface area (TPSA) is 86.6 Å². The molecule has 1 atom stereocenters. The van der Waals surface area contributed by atoms with Crippen molar-refractivity contribution in [2.45, 2.75) is 77.7 Å². The molecule has 8 heteroatoms. The summed E-state index contributed by atoms with van der Waals surface area (Å²) in [6, 6.07) is 0. The van der Waals surface area contributed by atoms with Crippen molar-refractivity contribution < 1.29 is 14.3 Å². The number of allylic oxidation sites excluding steroid dienone is 1. The molecule has 0 aromatic heterocycles. The lowest BCUT2D eigenvalue weighted by molar-refractivity contribution is -0.114. The summed E-state index contributed by atoms with van der Waals surface area (Å²) in [4.78, 5) is 28.7. The molecular formula is C26H41N5O3. The molecule has 0 bridgehead atoms. The first-order valence-electron chi connectivity index (χ1n) is 12.7. The van der Waals surface area contributed by atoms with E-state index < -0.39 is 5.60 Å². The molecule has 1 aliphatic carbocycles. The second kappa shape index (κ2) is 12.2. The van der Waals surface area contributed by atoms with Gasteiger partial charge in [-0.05, 0) is 71.3 Å². The molecule has 8 nitrogen and oxygen atoms in total. The Morgan fingerprint density at radius 1 is 1.15 bits per heavy atom. The fourth-order valence-electron chi connectivity index (χ4n) is 4.54. The number of hydrogen-bond donors (Lipinski definition) is 1. The smallest absolute Gasteiger partial charge is 0.410 e. The standard InChI is InChI=1S/C26H41N5O3/c1-20-8-5-9-21(14-13-20)10-7-15-27-24(32)22-11-6-12-23(29-28-22)30-16-18-31(19-17-30)25(33)34-26(2,3)4/h6,11,21H,1,5,7-10,12-19H2,2-4H3,(H,27,32). The van der Waals surface area contributed by atoms with Crippen LogP contribution in [0.5, 0.6) is 0 Å². The van der Waals surface area contributed by atoms with E-state index in [0.717, 1.165) is 31.0 Å². The van der Waals surface area contributed by atoms with Crippen LogP contribution in [0.3, 0.4) is 0 Å². The summed E-state index contributed by atoms with van der Waals surface area (Å²) < 4.78 is 5.46. The average molecular weight is 472 g/mol. The molecule has 2 heterocycles. The fourth-order valence-corrected chi connectivity index (χ4v) is 4.54. The highest BCUT2D eigenvalue weighted by Crippen LogP contribution is 2.28. The van der Waals surface area contributed by atoms with E-state index in [1.165, 1.54) is 31.3 Å². The van der Waals surface area contributed by atoms with Gasteiger partial charge in [0.1, 0.15) is 11.4 Å². The minimum Gasteiger partial charge on any atom is -0.444 e. The minimum absolute atomic E-state index is 0.176. The number of ether oxygens (including phenoxy) is 1. The third-order valence-corrected chi connectivity index (χ3v) is 6.50. The Balaban J connectivity index is 1.42. The molecule has 2 aliphatic heterocycles. The molecule has 1 saturated carbocycles. The van der Waals surface area contributed by atoms with Gasteiger partial charge >= 0.3 is 6.09 Å². The maximum Gasteiger partial charge on any atom is 0.410 e. The van der Waals surface area contributed by atoms with Gasteiger partial charge < -0.3 is 19.9 Å². The molecule has 1 unspecified atom stereocenters. The summed E-state index contributed by atoms with van der Waals surface area (Å²) in [5.41, 5.74) is 1.23. The van der Waals surface area contributed by atoms with Gasteiger partial charge in [0.15, 0.2) is 5.71 Å². The highest BCUT2D eigenvalue weighted by Gasteiger charge is 2.27. The van der Waals surface area contributed by atoms with Crippen LogP contribution in [0.25, 0.3) is 0 Å². The summed E-state index contributed by atoms with van der Waals surface area (Å²) in [6.45, 7) is 12.9. The normalized spacial score (nSPS) is 21.9. The fraction of sp³-hybridized carbons (Fsp3) is 0.692. The molecule has 1 saturated heterocycles. The van der Waals surface area contributed by atoms with Crippen LogP contribution >= 0.6 is 0 Å². The van der Waals surface area contributed by atoms with Crippen LogP contribution in [0.4, 0.5) is 4.79 Å².